The molecule has 0 spiro atoms. The van der Waals surface area contributed by atoms with E-state index in [4.69, 9.17) is 0 Å². The average Bonchev–Trinajstić information content (AvgIpc) is 3.44. The minimum Gasteiger partial charge on any atom is -0.355 e. The highest BCUT2D eigenvalue weighted by molar-refractivity contribution is 14.1. The van der Waals surface area contributed by atoms with Crippen molar-refractivity contribution in [1.82, 2.24) is 10.2 Å². The molecule has 0 heterocycles. The number of carbonyl (C=O) groups is 2. The summed E-state index contributed by atoms with van der Waals surface area (Å²) in [5.41, 5.74) is 2.39. The molecule has 0 aliphatic heterocycles. The molecule has 2 aromatic carbocycles. The molecule has 1 N–H and O–H groups in total. The average molecular weight is 434 g/mol. The van der Waals surface area contributed by atoms with E-state index >= 15 is 0 Å². The van der Waals surface area contributed by atoms with Gasteiger partial charge in [0.25, 0.3) is 11.8 Å². The first-order valence-electron chi connectivity index (χ1n) is 7.96. The van der Waals surface area contributed by atoms with Crippen molar-refractivity contribution in [1.29, 1.82) is 0 Å². The van der Waals surface area contributed by atoms with Gasteiger partial charge in [-0.25, -0.2) is 0 Å². The van der Waals surface area contributed by atoms with Crippen molar-refractivity contribution >= 4 is 34.4 Å². The van der Waals surface area contributed by atoms with Crippen molar-refractivity contribution in [3.05, 3.63) is 68.8 Å². The Bertz CT molecular complexity index is 737. The summed E-state index contributed by atoms with van der Waals surface area (Å²) in [6.07, 6.45) is 2.12. The van der Waals surface area contributed by atoms with E-state index < -0.39 is 0 Å². The van der Waals surface area contributed by atoms with Gasteiger partial charge in [0.2, 0.25) is 0 Å². The topological polar surface area (TPSA) is 49.4 Å². The van der Waals surface area contributed by atoms with Crippen molar-refractivity contribution < 1.29 is 9.59 Å². The lowest BCUT2D eigenvalue weighted by Crippen LogP contribution is -2.32. The maximum atomic E-state index is 12.8. The van der Waals surface area contributed by atoms with E-state index in [2.05, 4.69) is 27.9 Å². The lowest BCUT2D eigenvalue weighted by Gasteiger charge is -2.23. The summed E-state index contributed by atoms with van der Waals surface area (Å²) >= 11 is 2.24. The van der Waals surface area contributed by atoms with Crippen LogP contribution in [0.25, 0.3) is 0 Å². The normalized spacial score (nSPS) is 13.4. The summed E-state index contributed by atoms with van der Waals surface area (Å²) in [7, 11) is 1.62. The van der Waals surface area contributed by atoms with Crippen LogP contribution in [0.4, 0.5) is 0 Å². The Hall–Kier alpha value is -1.89. The van der Waals surface area contributed by atoms with Gasteiger partial charge in [0.05, 0.1) is 0 Å². The molecule has 124 valence electrons. The fraction of sp³-hybridized carbons (Fsp3) is 0.263. The predicted octanol–water partition coefficient (Wildman–Crippen LogP) is 3.46. The highest BCUT2D eigenvalue weighted by atomic mass is 127. The van der Waals surface area contributed by atoms with Gasteiger partial charge in [-0.15, -0.1) is 0 Å². The second-order valence-electron chi connectivity index (χ2n) is 5.95. The van der Waals surface area contributed by atoms with E-state index in [-0.39, 0.29) is 11.8 Å². The van der Waals surface area contributed by atoms with E-state index in [0.29, 0.717) is 18.2 Å². The van der Waals surface area contributed by atoms with Crippen LogP contribution < -0.4 is 5.32 Å². The molecule has 0 bridgehead atoms. The monoisotopic (exact) mass is 434 g/mol. The van der Waals surface area contributed by atoms with Crippen LogP contribution in [0.3, 0.4) is 0 Å². The molecule has 0 aromatic heterocycles. The Morgan fingerprint density at radius 2 is 1.62 bits per heavy atom. The molecule has 1 aliphatic carbocycles. The van der Waals surface area contributed by atoms with Crippen LogP contribution in [0.1, 0.15) is 39.1 Å². The zero-order valence-electron chi connectivity index (χ0n) is 13.5. The summed E-state index contributed by atoms with van der Waals surface area (Å²) < 4.78 is 1.12. The molecule has 4 nitrogen and oxygen atoms in total. The van der Waals surface area contributed by atoms with Crippen LogP contribution in [0.2, 0.25) is 0 Å². The van der Waals surface area contributed by atoms with E-state index in [1.54, 1.807) is 19.2 Å². The Kier molecular flexibility index (Phi) is 5.18. The van der Waals surface area contributed by atoms with Crippen molar-refractivity contribution in [2.24, 2.45) is 0 Å². The molecular formula is C19H19IN2O2. The van der Waals surface area contributed by atoms with Crippen molar-refractivity contribution in [3.8, 4) is 0 Å². The van der Waals surface area contributed by atoms with Crippen molar-refractivity contribution in [2.75, 3.05) is 7.05 Å². The molecule has 0 unspecified atom stereocenters. The maximum Gasteiger partial charge on any atom is 0.254 e. The fourth-order valence-corrected chi connectivity index (χ4v) is 2.97. The quantitative estimate of drug-likeness (QED) is 0.734. The number of nitrogens with zero attached hydrogens (tertiary/aromatic N) is 1. The number of hydrogen-bond donors (Lipinski definition) is 1. The Labute approximate surface area is 155 Å². The van der Waals surface area contributed by atoms with E-state index in [9.17, 15) is 9.59 Å². The van der Waals surface area contributed by atoms with E-state index in [1.165, 1.54) is 0 Å². The molecule has 0 saturated heterocycles. The molecule has 1 fully saturated rings. The Balaban J connectivity index is 1.75. The number of rotatable bonds is 5. The van der Waals surface area contributed by atoms with Gasteiger partial charge in [-0.3, -0.25) is 9.59 Å². The van der Waals surface area contributed by atoms with Gasteiger partial charge in [0.1, 0.15) is 0 Å². The van der Waals surface area contributed by atoms with Crippen LogP contribution in [-0.4, -0.2) is 29.8 Å². The smallest absolute Gasteiger partial charge is 0.254 e. The van der Waals surface area contributed by atoms with Gasteiger partial charge in [-0.05, 0) is 77.4 Å². The third-order valence-electron chi connectivity index (χ3n) is 4.14. The van der Waals surface area contributed by atoms with E-state index in [1.807, 2.05) is 41.3 Å². The van der Waals surface area contributed by atoms with Gasteiger partial charge < -0.3 is 10.2 Å². The highest BCUT2D eigenvalue weighted by Crippen LogP contribution is 2.30. The van der Waals surface area contributed by atoms with Crippen LogP contribution >= 0.6 is 22.6 Å². The number of carbonyl (C=O) groups excluding carboxylic acids is 2. The summed E-state index contributed by atoms with van der Waals surface area (Å²) in [5, 5.41) is 2.61. The number of halogens is 1. The molecule has 1 saturated carbocycles. The Morgan fingerprint density at radius 3 is 2.17 bits per heavy atom. The molecule has 0 atom stereocenters. The molecule has 1 aliphatic rings. The number of benzene rings is 2. The zero-order chi connectivity index (χ0) is 17.1. The molecule has 24 heavy (non-hydrogen) atoms. The second-order valence-corrected chi connectivity index (χ2v) is 7.19. The Morgan fingerprint density at radius 1 is 1.04 bits per heavy atom. The number of amides is 2. The molecule has 0 radical (unpaired) electrons. The van der Waals surface area contributed by atoms with Crippen molar-refractivity contribution in [2.45, 2.75) is 25.4 Å². The van der Waals surface area contributed by atoms with Crippen molar-refractivity contribution in [3.63, 3.8) is 0 Å². The third-order valence-corrected chi connectivity index (χ3v) is 4.85. The molecule has 2 amide bonds. The van der Waals surface area contributed by atoms with Crippen LogP contribution in [0.5, 0.6) is 0 Å². The minimum absolute atomic E-state index is 0.0734. The van der Waals surface area contributed by atoms with E-state index in [0.717, 1.165) is 27.5 Å². The van der Waals surface area contributed by atoms with Gasteiger partial charge in [0, 0.05) is 34.3 Å². The standard InChI is InChI=1S/C19H19IN2O2/c1-21-18(23)14-4-2-13(3-5-14)12-22(17-10-11-17)19(24)15-6-8-16(20)9-7-15/h2-9,17H,10-12H2,1H3,(H,21,23). The first-order valence-corrected chi connectivity index (χ1v) is 9.04. The number of nitrogens with one attached hydrogen (secondary N) is 1. The molecule has 5 heteroatoms. The minimum atomic E-state index is -0.101. The van der Waals surface area contributed by atoms with Gasteiger partial charge >= 0.3 is 0 Å². The first-order chi connectivity index (χ1) is 11.6. The predicted molar refractivity (Wildman–Crippen MR) is 102 cm³/mol. The highest BCUT2D eigenvalue weighted by Gasteiger charge is 2.33. The summed E-state index contributed by atoms with van der Waals surface area (Å²) in [6, 6.07) is 15.4. The van der Waals surface area contributed by atoms with Gasteiger partial charge in [0.15, 0.2) is 0 Å². The zero-order valence-corrected chi connectivity index (χ0v) is 15.6. The first kappa shape index (κ1) is 17.0. The maximum absolute atomic E-state index is 12.8. The number of hydrogen-bond acceptors (Lipinski definition) is 2. The van der Waals surface area contributed by atoms with Crippen LogP contribution in [-0.2, 0) is 6.54 Å². The van der Waals surface area contributed by atoms with Gasteiger partial charge in [-0.2, -0.15) is 0 Å². The van der Waals surface area contributed by atoms with Crippen LogP contribution in [0.15, 0.2) is 48.5 Å². The second kappa shape index (κ2) is 7.34. The largest absolute Gasteiger partial charge is 0.355 e. The summed E-state index contributed by atoms with van der Waals surface area (Å²) in [4.78, 5) is 26.4. The molecule has 3 rings (SSSR count). The lowest BCUT2D eigenvalue weighted by molar-refractivity contribution is 0.0729. The SMILES string of the molecule is CNC(=O)c1ccc(CN(C(=O)c2ccc(I)cc2)C2CC2)cc1. The summed E-state index contributed by atoms with van der Waals surface area (Å²) in [5.74, 6) is -0.0279. The third kappa shape index (κ3) is 3.95. The fourth-order valence-electron chi connectivity index (χ4n) is 2.61. The van der Waals surface area contributed by atoms with Crippen LogP contribution in [0, 0.1) is 3.57 Å². The molecular weight excluding hydrogens is 415 g/mol. The summed E-state index contributed by atoms with van der Waals surface area (Å²) in [6.45, 7) is 0.573. The van der Waals surface area contributed by atoms with Gasteiger partial charge in [-0.1, -0.05) is 12.1 Å². The lowest BCUT2D eigenvalue weighted by atomic mass is 10.1. The molecule has 2 aromatic rings.